The zero-order valence-electron chi connectivity index (χ0n) is 21.9. The second-order valence-electron chi connectivity index (χ2n) is 10.2. The van der Waals surface area contributed by atoms with E-state index in [2.05, 4.69) is 4.99 Å². The summed E-state index contributed by atoms with van der Waals surface area (Å²) in [6.45, 7) is 1.14. The molecule has 3 aliphatic rings. The van der Waals surface area contributed by atoms with Crippen molar-refractivity contribution in [3.05, 3.63) is 51.6 Å². The molecule has 1 fully saturated rings. The maximum atomic E-state index is 13.6. The lowest BCUT2D eigenvalue weighted by atomic mass is 9.71. The SMILES string of the molecule is C/N=C(/CO)[C@]1(O)Cc2c(O)c3c(c(O)c2[C@@H](O[C@H]2CC[C@H](O)[C@H](C)O2)C1)C(=N)c1c(OC)cccc1C3=O. The third-order valence-electron chi connectivity index (χ3n) is 8.00. The summed E-state index contributed by atoms with van der Waals surface area (Å²) in [4.78, 5) is 17.7. The molecule has 2 aromatic rings. The Morgan fingerprint density at radius 1 is 1.21 bits per heavy atom. The van der Waals surface area contributed by atoms with E-state index in [0.29, 0.717) is 12.8 Å². The molecular weight excluding hydrogens is 508 g/mol. The molecule has 1 heterocycles. The Bertz CT molecular complexity index is 1390. The highest BCUT2D eigenvalue weighted by molar-refractivity contribution is 6.32. The smallest absolute Gasteiger partial charge is 0.198 e. The minimum absolute atomic E-state index is 0.0425. The third-order valence-corrected chi connectivity index (χ3v) is 8.00. The lowest BCUT2D eigenvalue weighted by Gasteiger charge is -2.42. The molecule has 0 radical (unpaired) electrons. The number of carbonyl (C=O) groups excluding carboxylic acids is 1. The van der Waals surface area contributed by atoms with Crippen molar-refractivity contribution in [3.63, 3.8) is 0 Å². The van der Waals surface area contributed by atoms with Gasteiger partial charge in [-0.05, 0) is 19.4 Å². The molecule has 11 nitrogen and oxygen atoms in total. The van der Waals surface area contributed by atoms with E-state index >= 15 is 0 Å². The van der Waals surface area contributed by atoms with E-state index in [1.165, 1.54) is 20.2 Å². The Morgan fingerprint density at radius 2 is 1.95 bits per heavy atom. The van der Waals surface area contributed by atoms with Crippen LogP contribution in [0.5, 0.6) is 17.2 Å². The van der Waals surface area contributed by atoms with E-state index in [4.69, 9.17) is 19.6 Å². The van der Waals surface area contributed by atoms with E-state index in [-0.39, 0.29) is 63.4 Å². The number of methoxy groups -OCH3 is 1. The number of aliphatic imine (C=N–C) groups is 1. The summed E-state index contributed by atoms with van der Waals surface area (Å²) in [6, 6.07) is 4.71. The number of carbonyl (C=O) groups is 1. The summed E-state index contributed by atoms with van der Waals surface area (Å²) in [5.41, 5.74) is -1.86. The van der Waals surface area contributed by atoms with E-state index < -0.39 is 54.1 Å². The van der Waals surface area contributed by atoms with Gasteiger partial charge in [0.2, 0.25) is 0 Å². The largest absolute Gasteiger partial charge is 0.507 e. The number of aromatic hydroxyl groups is 2. The average Bonchev–Trinajstić information content (AvgIpc) is 2.91. The molecule has 0 saturated carbocycles. The van der Waals surface area contributed by atoms with Crippen molar-refractivity contribution in [2.24, 2.45) is 4.99 Å². The van der Waals surface area contributed by atoms with Gasteiger partial charge in [-0.1, -0.05) is 12.1 Å². The van der Waals surface area contributed by atoms with Crippen LogP contribution in [0.1, 0.15) is 70.5 Å². The van der Waals surface area contributed by atoms with E-state index in [1.54, 1.807) is 19.1 Å². The fourth-order valence-electron chi connectivity index (χ4n) is 5.95. The first kappa shape index (κ1) is 27.2. The van der Waals surface area contributed by atoms with Crippen molar-refractivity contribution in [1.29, 1.82) is 5.41 Å². The molecule has 5 atom stereocenters. The Labute approximate surface area is 224 Å². The van der Waals surface area contributed by atoms with Crippen LogP contribution >= 0.6 is 0 Å². The van der Waals surface area contributed by atoms with Crippen LogP contribution in [0.2, 0.25) is 0 Å². The van der Waals surface area contributed by atoms with Crippen molar-refractivity contribution in [2.75, 3.05) is 20.8 Å². The van der Waals surface area contributed by atoms with Crippen LogP contribution in [-0.4, -0.2) is 87.6 Å². The summed E-state index contributed by atoms with van der Waals surface area (Å²) >= 11 is 0. The van der Waals surface area contributed by atoms with Gasteiger partial charge in [-0.2, -0.15) is 0 Å². The molecule has 0 bridgehead atoms. The summed E-state index contributed by atoms with van der Waals surface area (Å²) in [7, 11) is 2.83. The fourth-order valence-corrected chi connectivity index (χ4v) is 5.95. The van der Waals surface area contributed by atoms with Gasteiger partial charge in [-0.3, -0.25) is 15.2 Å². The monoisotopic (exact) mass is 540 g/mol. The van der Waals surface area contributed by atoms with Gasteiger partial charge in [-0.15, -0.1) is 0 Å². The number of aliphatic hydroxyl groups excluding tert-OH is 2. The molecule has 0 amide bonds. The number of benzene rings is 2. The van der Waals surface area contributed by atoms with E-state index in [9.17, 15) is 30.3 Å². The number of aliphatic hydroxyl groups is 3. The van der Waals surface area contributed by atoms with Crippen LogP contribution in [0.3, 0.4) is 0 Å². The number of phenolic OH excluding ortho intramolecular Hbond substituents is 2. The molecule has 6 N–H and O–H groups in total. The van der Waals surface area contributed by atoms with E-state index in [0.717, 1.165) is 0 Å². The minimum Gasteiger partial charge on any atom is -0.507 e. The normalized spacial score (nSPS) is 28.5. The Morgan fingerprint density at radius 3 is 2.59 bits per heavy atom. The second kappa shape index (κ2) is 10.00. The van der Waals surface area contributed by atoms with Crippen LogP contribution in [-0.2, 0) is 15.9 Å². The molecule has 1 aliphatic heterocycles. The number of fused-ring (bicyclic) bond motifs is 3. The number of hydrogen-bond donors (Lipinski definition) is 6. The molecule has 1 saturated heterocycles. The lowest BCUT2D eigenvalue weighted by molar-refractivity contribution is -0.241. The summed E-state index contributed by atoms with van der Waals surface area (Å²) in [6.07, 6.45) is -2.75. The second-order valence-corrected chi connectivity index (χ2v) is 10.2. The average molecular weight is 541 g/mol. The molecular formula is C28H32N2O9. The summed E-state index contributed by atoms with van der Waals surface area (Å²) in [5.74, 6) is -1.26. The molecule has 208 valence electrons. The highest BCUT2D eigenvalue weighted by atomic mass is 16.7. The molecule has 39 heavy (non-hydrogen) atoms. The zero-order valence-corrected chi connectivity index (χ0v) is 21.9. The van der Waals surface area contributed by atoms with Crippen molar-refractivity contribution < 1.29 is 44.5 Å². The van der Waals surface area contributed by atoms with Crippen LogP contribution in [0, 0.1) is 5.41 Å². The number of hydrogen-bond acceptors (Lipinski definition) is 11. The Kier molecular flexibility index (Phi) is 6.98. The highest BCUT2D eigenvalue weighted by Crippen LogP contribution is 2.52. The van der Waals surface area contributed by atoms with Crippen LogP contribution < -0.4 is 4.74 Å². The van der Waals surface area contributed by atoms with Crippen LogP contribution in [0.4, 0.5) is 0 Å². The van der Waals surface area contributed by atoms with Crippen molar-refractivity contribution in [3.8, 4) is 17.2 Å². The molecule has 5 rings (SSSR count). The minimum atomic E-state index is -1.77. The van der Waals surface area contributed by atoms with Gasteiger partial charge in [0, 0.05) is 43.0 Å². The van der Waals surface area contributed by atoms with Gasteiger partial charge < -0.3 is 39.7 Å². The highest BCUT2D eigenvalue weighted by Gasteiger charge is 2.48. The fraction of sp³-hybridized carbons (Fsp3) is 0.464. The first-order chi connectivity index (χ1) is 18.6. The molecule has 2 aromatic carbocycles. The quantitative estimate of drug-likeness (QED) is 0.207. The standard InChI is InChI=1S/C28H32N2O9/c1-12-15(32)7-8-19(38-12)39-17-10-28(36,18(11-31)30-2)9-14-21(17)27(35)22-23(26(14)34)25(33)13-5-4-6-16(37-3)20(13)24(22)29/h4-6,12,15,17,19,29,31-32,34-36H,7-11H2,1-3H3/b29-24?,30-18-/t12-,15-,17-,19-,28-/m0/s1. The van der Waals surface area contributed by atoms with Gasteiger partial charge in [0.15, 0.2) is 12.1 Å². The Balaban J connectivity index is 1.70. The van der Waals surface area contributed by atoms with Gasteiger partial charge in [0.05, 0.1) is 60.1 Å². The number of nitrogens with one attached hydrogen (secondary N) is 1. The molecule has 0 unspecified atom stereocenters. The van der Waals surface area contributed by atoms with Crippen LogP contribution in [0.15, 0.2) is 23.2 Å². The van der Waals surface area contributed by atoms with Gasteiger partial charge >= 0.3 is 0 Å². The van der Waals surface area contributed by atoms with Crippen molar-refractivity contribution in [2.45, 2.75) is 62.8 Å². The number of phenols is 2. The summed E-state index contributed by atoms with van der Waals surface area (Å²) < 4.78 is 17.4. The number of ketones is 1. The molecule has 11 heteroatoms. The van der Waals surface area contributed by atoms with Crippen molar-refractivity contribution >= 4 is 17.2 Å². The van der Waals surface area contributed by atoms with Crippen LogP contribution in [0.25, 0.3) is 0 Å². The lowest BCUT2D eigenvalue weighted by Crippen LogP contribution is -2.48. The first-order valence-electron chi connectivity index (χ1n) is 12.8. The predicted octanol–water partition coefficient (Wildman–Crippen LogP) is 1.75. The number of nitrogens with zero attached hydrogens (tertiary/aromatic N) is 1. The molecule has 0 aromatic heterocycles. The van der Waals surface area contributed by atoms with Gasteiger partial charge in [0.25, 0.3) is 0 Å². The number of rotatable bonds is 5. The van der Waals surface area contributed by atoms with Gasteiger partial charge in [0.1, 0.15) is 22.8 Å². The zero-order chi connectivity index (χ0) is 28.2. The summed E-state index contributed by atoms with van der Waals surface area (Å²) in [5, 5.41) is 63.7. The van der Waals surface area contributed by atoms with E-state index in [1.807, 2.05) is 0 Å². The topological polar surface area (TPSA) is 182 Å². The number of ether oxygens (including phenoxy) is 3. The van der Waals surface area contributed by atoms with Gasteiger partial charge in [-0.25, -0.2) is 0 Å². The Hall–Kier alpha value is -3.35. The maximum Gasteiger partial charge on any atom is 0.198 e. The molecule has 0 spiro atoms. The third kappa shape index (κ3) is 4.21. The first-order valence-corrected chi connectivity index (χ1v) is 12.8. The van der Waals surface area contributed by atoms with Crippen molar-refractivity contribution in [1.82, 2.24) is 0 Å². The molecule has 2 aliphatic carbocycles. The predicted molar refractivity (Wildman–Crippen MR) is 139 cm³/mol. The maximum absolute atomic E-state index is 13.6.